The molecule has 2 aromatic rings. The van der Waals surface area contributed by atoms with Crippen LogP contribution in [0.2, 0.25) is 0 Å². The minimum Gasteiger partial charge on any atom is -0.490 e. The van der Waals surface area contributed by atoms with E-state index in [2.05, 4.69) is 38.2 Å². The summed E-state index contributed by atoms with van der Waals surface area (Å²) in [6.07, 6.45) is 0. The van der Waals surface area contributed by atoms with Gasteiger partial charge in [0, 0.05) is 11.3 Å². The second-order valence-electron chi connectivity index (χ2n) is 7.78. The maximum Gasteiger partial charge on any atom is 0.321 e. The van der Waals surface area contributed by atoms with Gasteiger partial charge in [0.05, 0.1) is 5.37 Å². The number of hydrogen-bond acceptors (Lipinski definition) is 5. The highest BCUT2D eigenvalue weighted by molar-refractivity contribution is 7.99. The van der Waals surface area contributed by atoms with Crippen molar-refractivity contribution >= 4 is 17.7 Å². The highest BCUT2D eigenvalue weighted by Crippen LogP contribution is 2.37. The van der Waals surface area contributed by atoms with Crippen molar-refractivity contribution in [2.45, 2.75) is 37.6 Å². The van der Waals surface area contributed by atoms with Crippen molar-refractivity contribution in [3.05, 3.63) is 59.7 Å². The molecule has 28 heavy (non-hydrogen) atoms. The first-order valence-corrected chi connectivity index (χ1v) is 10.4. The molecule has 5 nitrogen and oxygen atoms in total. The molecule has 2 atom stereocenters. The van der Waals surface area contributed by atoms with E-state index >= 15 is 0 Å². The zero-order chi connectivity index (χ0) is 20.1. The number of nitrogens with one attached hydrogen (secondary N) is 1. The maximum atomic E-state index is 11.2. The number of rotatable bonds is 7. The Hall–Kier alpha value is -2.18. The first-order valence-electron chi connectivity index (χ1n) is 9.40. The Bertz CT molecular complexity index is 801. The van der Waals surface area contributed by atoms with Crippen molar-refractivity contribution in [3.63, 3.8) is 0 Å². The summed E-state index contributed by atoms with van der Waals surface area (Å²) in [4.78, 5) is 11.2. The van der Waals surface area contributed by atoms with Crippen LogP contribution < -0.4 is 14.8 Å². The number of para-hydroxylation sites is 1. The van der Waals surface area contributed by atoms with E-state index in [9.17, 15) is 4.79 Å². The number of carbonyl (C=O) groups is 1. The summed E-state index contributed by atoms with van der Waals surface area (Å²) in [6, 6.07) is 15.4. The highest BCUT2D eigenvalue weighted by Gasteiger charge is 2.31. The van der Waals surface area contributed by atoms with Crippen molar-refractivity contribution in [2.24, 2.45) is 0 Å². The van der Waals surface area contributed by atoms with Gasteiger partial charge in [0.1, 0.15) is 30.8 Å². The van der Waals surface area contributed by atoms with Gasteiger partial charge < -0.3 is 14.6 Å². The fourth-order valence-corrected chi connectivity index (χ4v) is 4.24. The molecular weight excluding hydrogens is 374 g/mol. The summed E-state index contributed by atoms with van der Waals surface area (Å²) in [6.45, 7) is 7.41. The molecule has 1 aliphatic rings. The van der Waals surface area contributed by atoms with E-state index in [4.69, 9.17) is 14.6 Å². The summed E-state index contributed by atoms with van der Waals surface area (Å²) in [7, 11) is 0. The van der Waals surface area contributed by atoms with Crippen LogP contribution in [0.4, 0.5) is 0 Å². The molecule has 0 spiro atoms. The molecule has 2 unspecified atom stereocenters. The molecule has 2 N–H and O–H groups in total. The normalized spacial score (nSPS) is 19.4. The van der Waals surface area contributed by atoms with Crippen LogP contribution in [0.15, 0.2) is 48.5 Å². The van der Waals surface area contributed by atoms with Crippen LogP contribution in [0.1, 0.15) is 37.3 Å². The zero-order valence-electron chi connectivity index (χ0n) is 16.5. The lowest BCUT2D eigenvalue weighted by atomic mass is 9.87. The van der Waals surface area contributed by atoms with Gasteiger partial charge in [-0.3, -0.25) is 10.1 Å². The maximum absolute atomic E-state index is 11.2. The highest BCUT2D eigenvalue weighted by atomic mass is 32.2. The van der Waals surface area contributed by atoms with E-state index in [1.54, 1.807) is 11.8 Å². The lowest BCUT2D eigenvalue weighted by Crippen LogP contribution is -2.33. The van der Waals surface area contributed by atoms with Gasteiger partial charge >= 0.3 is 5.97 Å². The Morgan fingerprint density at radius 2 is 1.79 bits per heavy atom. The van der Waals surface area contributed by atoms with Crippen molar-refractivity contribution in [3.8, 4) is 11.5 Å². The minimum atomic E-state index is -0.820. The molecule has 0 aliphatic carbocycles. The Kier molecular flexibility index (Phi) is 6.52. The Balaban J connectivity index is 1.52. The zero-order valence-corrected chi connectivity index (χ0v) is 17.3. The van der Waals surface area contributed by atoms with E-state index in [0.717, 1.165) is 17.1 Å². The fraction of sp³-hybridized carbons (Fsp3) is 0.409. The van der Waals surface area contributed by atoms with Gasteiger partial charge in [-0.05, 0) is 29.2 Å². The smallest absolute Gasteiger partial charge is 0.321 e. The Morgan fingerprint density at radius 1 is 1.11 bits per heavy atom. The summed E-state index contributed by atoms with van der Waals surface area (Å²) in [5, 5.41) is 12.2. The first-order chi connectivity index (χ1) is 13.3. The van der Waals surface area contributed by atoms with Gasteiger partial charge in [-0.2, -0.15) is 0 Å². The predicted octanol–water partition coefficient (Wildman–Crippen LogP) is 4.23. The molecule has 6 heteroatoms. The fourth-order valence-electron chi connectivity index (χ4n) is 2.98. The minimum absolute atomic E-state index is 0.0804. The standard InChI is InChI=1S/C22H27NO4S/c1-22(2,3)15-8-10-16(11-9-15)26-12-13-27-19-7-5-4-6-17(19)20-23-18(14-28-20)21(24)25/h4-11,18,20,23H,12-14H2,1-3H3,(H,24,25). The van der Waals surface area contributed by atoms with E-state index in [-0.39, 0.29) is 10.8 Å². The van der Waals surface area contributed by atoms with Crippen LogP contribution in [-0.4, -0.2) is 36.1 Å². The van der Waals surface area contributed by atoms with E-state index < -0.39 is 12.0 Å². The van der Waals surface area contributed by atoms with E-state index in [0.29, 0.717) is 19.0 Å². The average molecular weight is 402 g/mol. The molecule has 0 bridgehead atoms. The number of thioether (sulfide) groups is 1. The second-order valence-corrected chi connectivity index (χ2v) is 8.92. The summed E-state index contributed by atoms with van der Waals surface area (Å²) < 4.78 is 11.7. The lowest BCUT2D eigenvalue weighted by Gasteiger charge is -2.19. The molecule has 0 saturated carbocycles. The third kappa shape index (κ3) is 5.20. The molecule has 0 radical (unpaired) electrons. The van der Waals surface area contributed by atoms with Gasteiger partial charge in [-0.1, -0.05) is 51.1 Å². The Labute approximate surface area is 170 Å². The molecule has 2 aromatic carbocycles. The number of carboxylic acids is 1. The van der Waals surface area contributed by atoms with Crippen LogP contribution in [0.3, 0.4) is 0 Å². The van der Waals surface area contributed by atoms with Crippen LogP contribution >= 0.6 is 11.8 Å². The van der Waals surface area contributed by atoms with Crippen LogP contribution in [0.5, 0.6) is 11.5 Å². The van der Waals surface area contributed by atoms with Crippen molar-refractivity contribution in [2.75, 3.05) is 19.0 Å². The first kappa shape index (κ1) is 20.6. The molecule has 150 valence electrons. The van der Waals surface area contributed by atoms with E-state index in [1.165, 1.54) is 5.56 Å². The molecule has 3 rings (SSSR count). The Morgan fingerprint density at radius 3 is 2.43 bits per heavy atom. The summed E-state index contributed by atoms with van der Waals surface area (Å²) >= 11 is 1.58. The van der Waals surface area contributed by atoms with Crippen LogP contribution in [0.25, 0.3) is 0 Å². The molecule has 1 aliphatic heterocycles. The molecule has 0 amide bonds. The molecule has 0 aromatic heterocycles. The number of benzene rings is 2. The third-order valence-corrected chi connectivity index (χ3v) is 5.86. The van der Waals surface area contributed by atoms with Crippen molar-refractivity contribution in [1.29, 1.82) is 0 Å². The molecule has 1 saturated heterocycles. The van der Waals surface area contributed by atoms with Crippen molar-refractivity contribution in [1.82, 2.24) is 5.32 Å². The van der Waals surface area contributed by atoms with Crippen LogP contribution in [-0.2, 0) is 10.2 Å². The summed E-state index contributed by atoms with van der Waals surface area (Å²) in [5.74, 6) is 1.30. The second kappa shape index (κ2) is 8.88. The van der Waals surface area contributed by atoms with Gasteiger partial charge in [0.2, 0.25) is 0 Å². The van der Waals surface area contributed by atoms with E-state index in [1.807, 2.05) is 36.4 Å². The average Bonchev–Trinajstić information content (AvgIpc) is 3.16. The summed E-state index contributed by atoms with van der Waals surface area (Å²) in [5.41, 5.74) is 2.36. The van der Waals surface area contributed by atoms with Gasteiger partial charge in [0.25, 0.3) is 0 Å². The van der Waals surface area contributed by atoms with Crippen LogP contribution in [0, 0.1) is 0 Å². The SMILES string of the molecule is CC(C)(C)c1ccc(OCCOc2ccccc2C2NC(C(=O)O)CS2)cc1. The predicted molar refractivity (Wildman–Crippen MR) is 112 cm³/mol. The van der Waals surface area contributed by atoms with Gasteiger partial charge in [0.15, 0.2) is 0 Å². The number of ether oxygens (including phenoxy) is 2. The molecule has 1 heterocycles. The van der Waals surface area contributed by atoms with Crippen molar-refractivity contribution < 1.29 is 19.4 Å². The van der Waals surface area contributed by atoms with Gasteiger partial charge in [-0.25, -0.2) is 0 Å². The number of aliphatic carboxylic acids is 1. The number of carboxylic acid groups (broad SMARTS) is 1. The third-order valence-electron chi connectivity index (χ3n) is 4.61. The monoisotopic (exact) mass is 401 g/mol. The quantitative estimate of drug-likeness (QED) is 0.677. The van der Waals surface area contributed by atoms with Gasteiger partial charge in [-0.15, -0.1) is 11.8 Å². The molecule has 1 fully saturated rings. The lowest BCUT2D eigenvalue weighted by molar-refractivity contribution is -0.138. The topological polar surface area (TPSA) is 67.8 Å². The molecular formula is C22H27NO4S. The number of hydrogen-bond donors (Lipinski definition) is 2. The largest absolute Gasteiger partial charge is 0.490 e.